The van der Waals surface area contributed by atoms with Gasteiger partial charge < -0.3 is 14.4 Å². The van der Waals surface area contributed by atoms with E-state index in [1.165, 1.54) is 12.1 Å². The summed E-state index contributed by atoms with van der Waals surface area (Å²) in [5, 5.41) is 0.0458. The molecule has 1 aliphatic carbocycles. The number of esters is 1. The summed E-state index contributed by atoms with van der Waals surface area (Å²) in [7, 11) is 1.15. The summed E-state index contributed by atoms with van der Waals surface area (Å²) < 4.78 is 69.0. The third-order valence-corrected chi connectivity index (χ3v) is 8.25. The van der Waals surface area contributed by atoms with E-state index in [1.54, 1.807) is 12.1 Å². The van der Waals surface area contributed by atoms with Gasteiger partial charge in [0, 0.05) is 32.1 Å². The fourth-order valence-electron chi connectivity index (χ4n) is 5.46. The van der Waals surface area contributed by atoms with Crippen LogP contribution in [0.25, 0.3) is 0 Å². The summed E-state index contributed by atoms with van der Waals surface area (Å²) in [6, 6.07) is 5.89. The van der Waals surface area contributed by atoms with Crippen molar-refractivity contribution in [3.8, 4) is 5.75 Å². The van der Waals surface area contributed by atoms with Gasteiger partial charge in [-0.1, -0.05) is 25.1 Å². The van der Waals surface area contributed by atoms with Crippen molar-refractivity contribution in [2.24, 2.45) is 0 Å². The maximum Gasteiger partial charge on any atom is 0.328 e. The molecule has 11 heteroatoms. The van der Waals surface area contributed by atoms with Gasteiger partial charge in [0.2, 0.25) is 0 Å². The Morgan fingerprint density at radius 3 is 2.44 bits per heavy atom. The standard InChI is InChI=1S/C29H31ClF4N2O4.CH4/c1-39-28(38)25-11-19(31)15-36(25)27(37)21-12-20(18-3-4-18)26(13-24(21)33)40-16-29(34)6-8-35(9-7-29)14-17-2-5-23(32)22(30)10-17;/h2,5,10,12-13,18-19,25H,3-4,6-9,11,14-16H2,1H3;1H4/t19-,25+;/m1./s1. The highest BCUT2D eigenvalue weighted by atomic mass is 35.5. The summed E-state index contributed by atoms with van der Waals surface area (Å²) in [4.78, 5) is 28.3. The number of rotatable bonds is 8. The molecule has 0 unspecified atom stereocenters. The zero-order valence-electron chi connectivity index (χ0n) is 22.1. The molecule has 41 heavy (non-hydrogen) atoms. The lowest BCUT2D eigenvalue weighted by atomic mass is 9.93. The van der Waals surface area contributed by atoms with Crippen LogP contribution in [0.1, 0.15) is 66.9 Å². The molecule has 2 aromatic rings. The van der Waals surface area contributed by atoms with Crippen molar-refractivity contribution in [3.63, 3.8) is 0 Å². The molecule has 0 aromatic heterocycles. The van der Waals surface area contributed by atoms with Gasteiger partial charge in [0.15, 0.2) is 0 Å². The van der Waals surface area contributed by atoms with Crippen molar-refractivity contribution in [2.75, 3.05) is 33.4 Å². The van der Waals surface area contributed by atoms with Crippen LogP contribution in [0, 0.1) is 11.6 Å². The fraction of sp³-hybridized carbons (Fsp3) is 0.533. The molecule has 3 aliphatic rings. The monoisotopic (exact) mass is 598 g/mol. The first-order valence-electron chi connectivity index (χ1n) is 13.4. The van der Waals surface area contributed by atoms with Gasteiger partial charge in [-0.2, -0.15) is 0 Å². The van der Waals surface area contributed by atoms with Gasteiger partial charge in [-0.05, 0) is 60.9 Å². The molecule has 2 aliphatic heterocycles. The van der Waals surface area contributed by atoms with Gasteiger partial charge in [0.05, 0.1) is 24.2 Å². The van der Waals surface area contributed by atoms with E-state index in [1.807, 2.05) is 0 Å². The molecule has 0 spiro atoms. The Morgan fingerprint density at radius 1 is 1.10 bits per heavy atom. The average molecular weight is 599 g/mol. The first kappa shape index (κ1) is 31.1. The van der Waals surface area contributed by atoms with Crippen LogP contribution in [0.15, 0.2) is 30.3 Å². The van der Waals surface area contributed by atoms with Crippen LogP contribution in [0.5, 0.6) is 5.75 Å². The topological polar surface area (TPSA) is 59.1 Å². The zero-order chi connectivity index (χ0) is 28.6. The first-order valence-corrected chi connectivity index (χ1v) is 13.8. The molecule has 0 radical (unpaired) electrons. The van der Waals surface area contributed by atoms with Crippen molar-refractivity contribution in [2.45, 2.75) is 69.9 Å². The van der Waals surface area contributed by atoms with E-state index in [2.05, 4.69) is 4.90 Å². The molecule has 2 heterocycles. The van der Waals surface area contributed by atoms with Crippen molar-refractivity contribution >= 4 is 23.5 Å². The Bertz CT molecular complexity index is 1280. The van der Waals surface area contributed by atoms with E-state index < -0.39 is 41.4 Å². The van der Waals surface area contributed by atoms with Gasteiger partial charge in [-0.25, -0.2) is 22.4 Å². The number of alkyl halides is 2. The Hall–Kier alpha value is -2.85. The lowest BCUT2D eigenvalue weighted by molar-refractivity contribution is -0.145. The van der Waals surface area contributed by atoms with Gasteiger partial charge >= 0.3 is 5.97 Å². The van der Waals surface area contributed by atoms with Crippen LogP contribution >= 0.6 is 11.6 Å². The van der Waals surface area contributed by atoms with Crippen LogP contribution in [0.3, 0.4) is 0 Å². The minimum atomic E-state index is -1.62. The number of nitrogens with zero attached hydrogens (tertiary/aromatic N) is 2. The number of likely N-dealkylation sites (tertiary alicyclic amines) is 2. The molecular formula is C30H35ClF4N2O4. The summed E-state index contributed by atoms with van der Waals surface area (Å²) in [5.74, 6) is -2.68. The maximum absolute atomic E-state index is 15.7. The van der Waals surface area contributed by atoms with Crippen molar-refractivity contribution in [1.82, 2.24) is 9.80 Å². The largest absolute Gasteiger partial charge is 0.490 e. The van der Waals surface area contributed by atoms with Gasteiger partial charge in [-0.3, -0.25) is 9.69 Å². The van der Waals surface area contributed by atoms with E-state index in [0.717, 1.165) is 36.5 Å². The number of benzene rings is 2. The van der Waals surface area contributed by atoms with E-state index in [9.17, 15) is 18.4 Å². The van der Waals surface area contributed by atoms with Crippen LogP contribution in [-0.4, -0.2) is 72.9 Å². The Morgan fingerprint density at radius 2 is 1.80 bits per heavy atom. The molecular weight excluding hydrogens is 564 g/mol. The highest BCUT2D eigenvalue weighted by Gasteiger charge is 2.42. The maximum atomic E-state index is 15.7. The normalized spacial score (nSPS) is 22.2. The molecule has 2 saturated heterocycles. The molecule has 1 amide bonds. The minimum Gasteiger partial charge on any atom is -0.490 e. The second-order valence-electron chi connectivity index (χ2n) is 10.9. The van der Waals surface area contributed by atoms with Crippen LogP contribution < -0.4 is 4.74 Å². The Kier molecular flexibility index (Phi) is 9.53. The predicted molar refractivity (Wildman–Crippen MR) is 147 cm³/mol. The molecule has 2 aromatic carbocycles. The number of carbonyl (C=O) groups excluding carboxylic acids is 2. The van der Waals surface area contributed by atoms with E-state index in [4.69, 9.17) is 21.1 Å². The fourth-order valence-corrected chi connectivity index (χ4v) is 5.66. The predicted octanol–water partition coefficient (Wildman–Crippen LogP) is 6.24. The molecule has 1 saturated carbocycles. The van der Waals surface area contributed by atoms with Gasteiger partial charge in [-0.15, -0.1) is 0 Å². The molecule has 224 valence electrons. The van der Waals surface area contributed by atoms with Crippen LogP contribution in [-0.2, 0) is 16.1 Å². The van der Waals surface area contributed by atoms with Crippen molar-refractivity contribution in [1.29, 1.82) is 0 Å². The summed E-state index contributed by atoms with van der Waals surface area (Å²) in [6.45, 7) is 0.832. The second kappa shape index (κ2) is 12.6. The van der Waals surface area contributed by atoms with Crippen LogP contribution in [0.4, 0.5) is 17.6 Å². The quantitative estimate of drug-likeness (QED) is 0.266. The molecule has 3 fully saturated rings. The molecule has 6 nitrogen and oxygen atoms in total. The van der Waals surface area contributed by atoms with E-state index >= 15 is 8.78 Å². The number of hydrogen-bond acceptors (Lipinski definition) is 5. The second-order valence-corrected chi connectivity index (χ2v) is 11.3. The number of hydrogen-bond donors (Lipinski definition) is 0. The highest BCUT2D eigenvalue weighted by Crippen LogP contribution is 2.46. The molecule has 0 bridgehead atoms. The van der Waals surface area contributed by atoms with Crippen LogP contribution in [0.2, 0.25) is 5.02 Å². The SMILES string of the molecule is C.COC(=O)[C@@H]1C[C@@H](F)CN1C(=O)c1cc(C2CC2)c(OCC2(F)CCN(Cc3ccc(F)c(Cl)c3)CC2)cc1F. The molecule has 2 atom stereocenters. The third-order valence-electron chi connectivity index (χ3n) is 7.96. The zero-order valence-corrected chi connectivity index (χ0v) is 22.9. The molecule has 5 rings (SSSR count). The number of ether oxygens (including phenoxy) is 2. The van der Waals surface area contributed by atoms with E-state index in [-0.39, 0.29) is 62.1 Å². The number of piperidine rings is 1. The highest BCUT2D eigenvalue weighted by molar-refractivity contribution is 6.30. The van der Waals surface area contributed by atoms with Gasteiger partial charge in [0.25, 0.3) is 5.91 Å². The summed E-state index contributed by atoms with van der Waals surface area (Å²) in [5.41, 5.74) is -0.463. The van der Waals surface area contributed by atoms with Gasteiger partial charge in [0.1, 0.15) is 41.9 Å². The third kappa shape index (κ3) is 6.97. The number of amides is 1. The Labute approximate surface area is 242 Å². The minimum absolute atomic E-state index is 0. The number of halogens is 5. The lowest BCUT2D eigenvalue weighted by Crippen LogP contribution is -2.44. The summed E-state index contributed by atoms with van der Waals surface area (Å²) in [6.07, 6.45) is 0.425. The molecule has 0 N–H and O–H groups in total. The smallest absolute Gasteiger partial charge is 0.328 e. The van der Waals surface area contributed by atoms with E-state index in [0.29, 0.717) is 25.2 Å². The van der Waals surface area contributed by atoms with Crippen molar-refractivity contribution in [3.05, 3.63) is 63.7 Å². The Balaban J connectivity index is 0.00000387. The summed E-state index contributed by atoms with van der Waals surface area (Å²) >= 11 is 5.87. The number of carbonyl (C=O) groups is 2. The number of methoxy groups -OCH3 is 1. The average Bonchev–Trinajstić information content (AvgIpc) is 3.70. The first-order chi connectivity index (χ1) is 19.1. The lowest BCUT2D eigenvalue weighted by Gasteiger charge is -2.36. The van der Waals surface area contributed by atoms with Crippen molar-refractivity contribution < 1.29 is 36.6 Å².